The number of fused-ring (bicyclic) bond motifs is 1. The summed E-state index contributed by atoms with van der Waals surface area (Å²) >= 11 is 3.53. The van der Waals surface area contributed by atoms with E-state index in [1.165, 1.54) is 11.3 Å². The minimum absolute atomic E-state index is 0.347. The number of hydrogen-bond donors (Lipinski definition) is 1. The van der Waals surface area contributed by atoms with Crippen molar-refractivity contribution in [1.29, 1.82) is 0 Å². The molecule has 4 rings (SSSR count). The molecule has 0 bridgehead atoms. The number of hydrogen-bond acceptors (Lipinski definition) is 5. The van der Waals surface area contributed by atoms with E-state index in [-0.39, 0.29) is 0 Å². The zero-order valence-electron chi connectivity index (χ0n) is 14.4. The normalized spacial score (nSPS) is 17.9. The smallest absolute Gasteiger partial charge is 0.164 e. The Labute approximate surface area is 155 Å². The predicted molar refractivity (Wildman–Crippen MR) is 104 cm³/mol. The Hall–Kier alpha value is -2.15. The van der Waals surface area contributed by atoms with Crippen molar-refractivity contribution in [1.82, 2.24) is 19.7 Å². The van der Waals surface area contributed by atoms with Gasteiger partial charge in [-0.05, 0) is 47.8 Å². The van der Waals surface area contributed by atoms with Crippen LogP contribution in [0.4, 0.5) is 11.5 Å². The van der Waals surface area contributed by atoms with Gasteiger partial charge in [0.15, 0.2) is 5.65 Å². The molecular weight excluding hydrogens is 380 g/mol. The molecule has 0 saturated carbocycles. The summed E-state index contributed by atoms with van der Waals surface area (Å²) in [5, 5.41) is 8.95. The van der Waals surface area contributed by atoms with Crippen LogP contribution in [0.3, 0.4) is 0 Å². The second-order valence-electron chi connectivity index (χ2n) is 6.60. The highest BCUT2D eigenvalue weighted by atomic mass is 79.9. The molecule has 0 aliphatic carbocycles. The molecule has 2 aromatic heterocycles. The summed E-state index contributed by atoms with van der Waals surface area (Å²) < 4.78 is 2.55. The van der Waals surface area contributed by atoms with Gasteiger partial charge in [0.05, 0.1) is 5.39 Å². The highest BCUT2D eigenvalue weighted by Gasteiger charge is 2.22. The Morgan fingerprint density at radius 3 is 2.80 bits per heavy atom. The Kier molecular flexibility index (Phi) is 4.33. The lowest BCUT2D eigenvalue weighted by Crippen LogP contribution is -2.42. The Bertz CT molecular complexity index is 888. The third kappa shape index (κ3) is 3.20. The zero-order valence-corrected chi connectivity index (χ0v) is 16.0. The van der Waals surface area contributed by atoms with E-state index in [0.717, 1.165) is 47.4 Å². The molecule has 1 aliphatic heterocycles. The molecule has 130 valence electrons. The molecule has 0 spiro atoms. The summed E-state index contributed by atoms with van der Waals surface area (Å²) in [5.74, 6) is 0.848. The fraction of sp³-hybridized carbons (Fsp3) is 0.389. The first-order valence-electron chi connectivity index (χ1n) is 8.53. The third-order valence-electron chi connectivity index (χ3n) is 4.74. The predicted octanol–water partition coefficient (Wildman–Crippen LogP) is 3.52. The average Bonchev–Trinajstić information content (AvgIpc) is 2.91. The topological polar surface area (TPSA) is 58.9 Å². The quantitative estimate of drug-likeness (QED) is 0.728. The van der Waals surface area contributed by atoms with Crippen LogP contribution < -0.4 is 10.2 Å². The molecule has 6 nitrogen and oxygen atoms in total. The third-order valence-corrected chi connectivity index (χ3v) is 5.29. The summed E-state index contributed by atoms with van der Waals surface area (Å²) in [5.41, 5.74) is 3.41. The lowest BCUT2D eigenvalue weighted by molar-refractivity contribution is 0.529. The Morgan fingerprint density at radius 1 is 1.20 bits per heavy atom. The van der Waals surface area contributed by atoms with E-state index in [0.29, 0.717) is 6.04 Å². The van der Waals surface area contributed by atoms with Crippen LogP contribution in [0.15, 0.2) is 35.2 Å². The van der Waals surface area contributed by atoms with Gasteiger partial charge in [0.25, 0.3) is 0 Å². The fourth-order valence-corrected chi connectivity index (χ4v) is 4.03. The van der Waals surface area contributed by atoms with Gasteiger partial charge in [-0.15, -0.1) is 0 Å². The molecule has 1 N–H and O–H groups in total. The summed E-state index contributed by atoms with van der Waals surface area (Å²) in [4.78, 5) is 11.2. The van der Waals surface area contributed by atoms with Crippen LogP contribution >= 0.6 is 15.9 Å². The highest BCUT2D eigenvalue weighted by molar-refractivity contribution is 9.10. The second kappa shape index (κ2) is 6.63. The number of aromatic nitrogens is 4. The minimum atomic E-state index is 0.347. The first-order chi connectivity index (χ1) is 12.1. The van der Waals surface area contributed by atoms with Gasteiger partial charge in [-0.25, -0.2) is 14.6 Å². The van der Waals surface area contributed by atoms with E-state index in [4.69, 9.17) is 0 Å². The van der Waals surface area contributed by atoms with Gasteiger partial charge >= 0.3 is 0 Å². The molecule has 1 aromatic carbocycles. The Morgan fingerprint density at radius 2 is 2.00 bits per heavy atom. The maximum atomic E-state index is 4.46. The van der Waals surface area contributed by atoms with Crippen LogP contribution in [-0.2, 0) is 7.05 Å². The van der Waals surface area contributed by atoms with Crippen molar-refractivity contribution in [3.8, 4) is 0 Å². The van der Waals surface area contributed by atoms with Crippen molar-refractivity contribution in [2.75, 3.05) is 23.3 Å². The fourth-order valence-electron chi connectivity index (χ4n) is 3.43. The second-order valence-corrected chi connectivity index (χ2v) is 7.35. The molecule has 1 atom stereocenters. The van der Waals surface area contributed by atoms with Gasteiger partial charge < -0.3 is 10.2 Å². The molecule has 3 aromatic rings. The number of halogens is 1. The van der Waals surface area contributed by atoms with Gasteiger partial charge in [0, 0.05) is 31.9 Å². The number of anilines is 2. The molecule has 0 radical (unpaired) electrons. The monoisotopic (exact) mass is 400 g/mol. The van der Waals surface area contributed by atoms with Gasteiger partial charge in [-0.2, -0.15) is 5.10 Å². The molecular formula is C18H21BrN6. The SMILES string of the molecule is Cc1ccc(N2CCCC(Nc3ncnc4c3c(Br)nn4C)C2)cc1. The lowest BCUT2D eigenvalue weighted by atomic mass is 10.0. The molecule has 3 heterocycles. The van der Waals surface area contributed by atoms with Crippen molar-refractivity contribution >= 4 is 38.5 Å². The van der Waals surface area contributed by atoms with E-state index in [1.807, 2.05) is 7.05 Å². The summed E-state index contributed by atoms with van der Waals surface area (Å²) in [6.07, 6.45) is 3.89. The van der Waals surface area contributed by atoms with Crippen LogP contribution in [0.2, 0.25) is 0 Å². The number of nitrogens with one attached hydrogen (secondary N) is 1. The molecule has 1 aliphatic rings. The molecule has 25 heavy (non-hydrogen) atoms. The zero-order chi connectivity index (χ0) is 17.4. The van der Waals surface area contributed by atoms with Crippen molar-refractivity contribution < 1.29 is 0 Å². The number of aryl methyl sites for hydroxylation is 2. The van der Waals surface area contributed by atoms with Crippen LogP contribution in [0, 0.1) is 6.92 Å². The largest absolute Gasteiger partial charge is 0.369 e. The van der Waals surface area contributed by atoms with E-state index in [2.05, 4.69) is 72.4 Å². The molecule has 7 heteroatoms. The van der Waals surface area contributed by atoms with Gasteiger partial charge in [0.1, 0.15) is 16.7 Å². The highest BCUT2D eigenvalue weighted by Crippen LogP contribution is 2.29. The maximum absolute atomic E-state index is 4.46. The summed E-state index contributed by atoms with van der Waals surface area (Å²) in [7, 11) is 1.89. The van der Waals surface area contributed by atoms with Crippen LogP contribution in [-0.4, -0.2) is 38.9 Å². The Balaban J connectivity index is 1.56. The lowest BCUT2D eigenvalue weighted by Gasteiger charge is -2.35. The number of nitrogens with zero attached hydrogens (tertiary/aromatic N) is 5. The van der Waals surface area contributed by atoms with E-state index in [9.17, 15) is 0 Å². The van der Waals surface area contributed by atoms with E-state index in [1.54, 1.807) is 11.0 Å². The van der Waals surface area contributed by atoms with E-state index >= 15 is 0 Å². The number of rotatable bonds is 3. The summed E-state index contributed by atoms with van der Waals surface area (Å²) in [6, 6.07) is 9.11. The van der Waals surface area contributed by atoms with Crippen LogP contribution in [0.5, 0.6) is 0 Å². The summed E-state index contributed by atoms with van der Waals surface area (Å²) in [6.45, 7) is 4.18. The molecule has 1 unspecified atom stereocenters. The van der Waals surface area contributed by atoms with Gasteiger partial charge in [-0.3, -0.25) is 0 Å². The average molecular weight is 401 g/mol. The van der Waals surface area contributed by atoms with Crippen LogP contribution in [0.25, 0.3) is 11.0 Å². The number of benzene rings is 1. The standard InChI is InChI=1S/C18H21BrN6/c1-12-5-7-14(8-6-12)25-9-3-4-13(10-25)22-17-15-16(19)23-24(2)18(15)21-11-20-17/h5-8,11,13H,3-4,9-10H2,1-2H3,(H,20,21,22). The van der Waals surface area contributed by atoms with Crippen molar-refractivity contribution in [2.45, 2.75) is 25.8 Å². The molecule has 1 fully saturated rings. The van der Waals surface area contributed by atoms with Crippen molar-refractivity contribution in [3.05, 3.63) is 40.8 Å². The minimum Gasteiger partial charge on any atom is -0.369 e. The number of piperidine rings is 1. The first kappa shape index (κ1) is 16.3. The first-order valence-corrected chi connectivity index (χ1v) is 9.32. The molecule has 0 amide bonds. The van der Waals surface area contributed by atoms with E-state index < -0.39 is 0 Å². The maximum Gasteiger partial charge on any atom is 0.164 e. The van der Waals surface area contributed by atoms with Gasteiger partial charge in [0.2, 0.25) is 0 Å². The van der Waals surface area contributed by atoms with Crippen molar-refractivity contribution in [2.24, 2.45) is 7.05 Å². The van der Waals surface area contributed by atoms with Crippen LogP contribution in [0.1, 0.15) is 18.4 Å². The molecule has 1 saturated heterocycles. The van der Waals surface area contributed by atoms with Crippen molar-refractivity contribution in [3.63, 3.8) is 0 Å². The van der Waals surface area contributed by atoms with Gasteiger partial charge in [-0.1, -0.05) is 17.7 Å².